The standard InChI is InChI=1S/C16H15ClF3NO3/c1-9-12(15(23)24-2)14(17)21(7-8-22)13(9)10-5-3-4-6-11(10)16(18,19)20/h3-6,22H,7-8H2,1-2H3. The number of rotatable bonds is 4. The molecule has 0 fully saturated rings. The second-order valence-corrected chi connectivity index (χ2v) is 5.41. The van der Waals surface area contributed by atoms with Crippen LogP contribution in [0.25, 0.3) is 11.3 Å². The van der Waals surface area contributed by atoms with E-state index in [0.29, 0.717) is 0 Å². The largest absolute Gasteiger partial charge is 0.465 e. The van der Waals surface area contributed by atoms with Crippen LogP contribution in [0.5, 0.6) is 0 Å². The summed E-state index contributed by atoms with van der Waals surface area (Å²) >= 11 is 6.17. The molecule has 8 heteroatoms. The molecule has 1 heterocycles. The number of aliphatic hydroxyl groups is 1. The Balaban J connectivity index is 2.83. The van der Waals surface area contributed by atoms with E-state index in [0.717, 1.165) is 13.2 Å². The smallest absolute Gasteiger partial charge is 0.417 e. The number of hydrogen-bond acceptors (Lipinski definition) is 3. The van der Waals surface area contributed by atoms with Crippen LogP contribution < -0.4 is 0 Å². The number of esters is 1. The number of halogens is 4. The summed E-state index contributed by atoms with van der Waals surface area (Å²) in [5.74, 6) is -0.750. The maximum absolute atomic E-state index is 13.3. The summed E-state index contributed by atoms with van der Waals surface area (Å²) in [6, 6.07) is 5.00. The number of alkyl halides is 3. The van der Waals surface area contributed by atoms with Crippen LogP contribution in [0.3, 0.4) is 0 Å². The van der Waals surface area contributed by atoms with Crippen molar-refractivity contribution in [1.82, 2.24) is 4.57 Å². The highest BCUT2D eigenvalue weighted by Crippen LogP contribution is 2.41. The number of carbonyl (C=O) groups excluding carboxylic acids is 1. The van der Waals surface area contributed by atoms with Crippen molar-refractivity contribution < 1.29 is 27.8 Å². The number of carbonyl (C=O) groups is 1. The van der Waals surface area contributed by atoms with E-state index in [1.807, 2.05) is 0 Å². The fraction of sp³-hybridized carbons (Fsp3) is 0.312. The number of ether oxygens (including phenoxy) is 1. The van der Waals surface area contributed by atoms with Crippen LogP contribution >= 0.6 is 11.6 Å². The first-order chi connectivity index (χ1) is 11.2. The molecule has 0 unspecified atom stereocenters. The predicted molar refractivity (Wildman–Crippen MR) is 83.0 cm³/mol. The van der Waals surface area contributed by atoms with Gasteiger partial charge in [0, 0.05) is 12.1 Å². The summed E-state index contributed by atoms with van der Waals surface area (Å²) in [6.07, 6.45) is -4.57. The Labute approximate surface area is 141 Å². The Bertz CT molecular complexity index is 769. The van der Waals surface area contributed by atoms with Crippen LogP contribution in [0, 0.1) is 6.92 Å². The number of methoxy groups -OCH3 is 1. The van der Waals surface area contributed by atoms with Gasteiger partial charge in [0.05, 0.1) is 25.0 Å². The molecule has 24 heavy (non-hydrogen) atoms. The van der Waals surface area contributed by atoms with Gasteiger partial charge in [0.2, 0.25) is 0 Å². The minimum absolute atomic E-state index is 0.0143. The molecule has 0 aliphatic carbocycles. The molecule has 1 aromatic heterocycles. The Kier molecular flexibility index (Phi) is 5.25. The van der Waals surface area contributed by atoms with E-state index >= 15 is 0 Å². The summed E-state index contributed by atoms with van der Waals surface area (Å²) in [5, 5.41) is 9.15. The molecule has 2 aromatic rings. The first-order valence-corrected chi connectivity index (χ1v) is 7.36. The molecule has 0 saturated carbocycles. The molecule has 0 bridgehead atoms. The van der Waals surface area contributed by atoms with Crippen LogP contribution in [0.15, 0.2) is 24.3 Å². The summed E-state index contributed by atoms with van der Waals surface area (Å²) in [4.78, 5) is 11.9. The first kappa shape index (κ1) is 18.4. The quantitative estimate of drug-likeness (QED) is 0.840. The van der Waals surface area contributed by atoms with Gasteiger partial charge in [0.15, 0.2) is 0 Å². The van der Waals surface area contributed by atoms with Gasteiger partial charge in [-0.25, -0.2) is 4.79 Å². The van der Waals surface area contributed by atoms with Crippen LogP contribution in [-0.2, 0) is 17.5 Å². The van der Waals surface area contributed by atoms with Crippen molar-refractivity contribution in [3.8, 4) is 11.3 Å². The number of benzene rings is 1. The number of aliphatic hydroxyl groups excluding tert-OH is 1. The van der Waals surface area contributed by atoms with Gasteiger partial charge in [-0.05, 0) is 18.6 Å². The summed E-state index contributed by atoms with van der Waals surface area (Å²) < 4.78 is 45.9. The van der Waals surface area contributed by atoms with Gasteiger partial charge in [-0.3, -0.25) is 0 Å². The second kappa shape index (κ2) is 6.86. The third-order valence-corrected chi connectivity index (χ3v) is 4.04. The molecule has 0 radical (unpaired) electrons. The van der Waals surface area contributed by atoms with E-state index in [1.165, 1.54) is 29.7 Å². The normalized spacial score (nSPS) is 11.6. The van der Waals surface area contributed by atoms with Crippen molar-refractivity contribution in [3.63, 3.8) is 0 Å². The average Bonchev–Trinajstić information content (AvgIpc) is 2.77. The molecular weight excluding hydrogens is 347 g/mol. The van der Waals surface area contributed by atoms with E-state index < -0.39 is 17.7 Å². The zero-order valence-corrected chi connectivity index (χ0v) is 13.7. The lowest BCUT2D eigenvalue weighted by atomic mass is 10.00. The topological polar surface area (TPSA) is 51.5 Å². The fourth-order valence-corrected chi connectivity index (χ4v) is 3.03. The van der Waals surface area contributed by atoms with Crippen molar-refractivity contribution in [2.24, 2.45) is 0 Å². The molecule has 1 N–H and O–H groups in total. The average molecular weight is 362 g/mol. The molecule has 1 aromatic carbocycles. The minimum Gasteiger partial charge on any atom is -0.465 e. The molecule has 0 saturated heterocycles. The molecule has 0 spiro atoms. The van der Waals surface area contributed by atoms with Crippen molar-refractivity contribution in [3.05, 3.63) is 46.1 Å². The highest BCUT2D eigenvalue weighted by molar-refractivity contribution is 6.33. The maximum atomic E-state index is 13.3. The lowest BCUT2D eigenvalue weighted by Crippen LogP contribution is -2.10. The third-order valence-electron chi connectivity index (χ3n) is 3.64. The van der Waals surface area contributed by atoms with E-state index in [1.54, 1.807) is 0 Å². The van der Waals surface area contributed by atoms with E-state index in [4.69, 9.17) is 11.6 Å². The van der Waals surface area contributed by atoms with E-state index in [2.05, 4.69) is 4.74 Å². The van der Waals surface area contributed by atoms with Gasteiger partial charge >= 0.3 is 12.1 Å². The molecule has 0 aliphatic rings. The monoisotopic (exact) mass is 361 g/mol. The SMILES string of the molecule is COC(=O)c1c(C)c(-c2ccccc2C(F)(F)F)n(CCO)c1Cl. The molecule has 2 rings (SSSR count). The lowest BCUT2D eigenvalue weighted by Gasteiger charge is -2.16. The Morgan fingerprint density at radius 2 is 1.96 bits per heavy atom. The maximum Gasteiger partial charge on any atom is 0.417 e. The number of hydrogen-bond donors (Lipinski definition) is 1. The third kappa shape index (κ3) is 3.14. The van der Waals surface area contributed by atoms with Crippen molar-refractivity contribution in [2.45, 2.75) is 19.6 Å². The highest BCUT2D eigenvalue weighted by Gasteiger charge is 2.36. The van der Waals surface area contributed by atoms with Gasteiger partial charge in [-0.2, -0.15) is 13.2 Å². The molecule has 130 valence electrons. The van der Waals surface area contributed by atoms with Crippen LogP contribution in [0.4, 0.5) is 13.2 Å². The molecule has 0 aliphatic heterocycles. The molecular formula is C16H15ClF3NO3. The fourth-order valence-electron chi connectivity index (χ4n) is 2.64. The van der Waals surface area contributed by atoms with E-state index in [-0.39, 0.29) is 40.7 Å². The van der Waals surface area contributed by atoms with Gasteiger partial charge in [-0.15, -0.1) is 0 Å². The van der Waals surface area contributed by atoms with E-state index in [9.17, 15) is 23.1 Å². The van der Waals surface area contributed by atoms with Gasteiger partial charge in [0.25, 0.3) is 0 Å². The lowest BCUT2D eigenvalue weighted by molar-refractivity contribution is -0.137. The summed E-state index contributed by atoms with van der Waals surface area (Å²) in [7, 11) is 1.16. The summed E-state index contributed by atoms with van der Waals surface area (Å²) in [5.41, 5.74) is -0.593. The minimum atomic E-state index is -4.57. The zero-order chi connectivity index (χ0) is 18.1. The van der Waals surface area contributed by atoms with Gasteiger partial charge in [0.1, 0.15) is 10.7 Å². The van der Waals surface area contributed by atoms with Crippen molar-refractivity contribution in [2.75, 3.05) is 13.7 Å². The predicted octanol–water partition coefficient (Wildman–Crippen LogP) is 3.91. The van der Waals surface area contributed by atoms with Gasteiger partial charge in [-0.1, -0.05) is 29.8 Å². The van der Waals surface area contributed by atoms with Crippen LogP contribution in [0.1, 0.15) is 21.5 Å². The zero-order valence-electron chi connectivity index (χ0n) is 12.9. The van der Waals surface area contributed by atoms with Crippen molar-refractivity contribution >= 4 is 17.6 Å². The molecule has 0 atom stereocenters. The van der Waals surface area contributed by atoms with Crippen molar-refractivity contribution in [1.29, 1.82) is 0 Å². The Morgan fingerprint density at radius 1 is 1.33 bits per heavy atom. The first-order valence-electron chi connectivity index (χ1n) is 6.98. The molecule has 4 nitrogen and oxygen atoms in total. The van der Waals surface area contributed by atoms with Crippen LogP contribution in [0.2, 0.25) is 5.15 Å². The number of aromatic nitrogens is 1. The summed E-state index contributed by atoms with van der Waals surface area (Å²) in [6.45, 7) is 1.09. The Hall–Kier alpha value is -1.99. The van der Waals surface area contributed by atoms with Crippen LogP contribution in [-0.4, -0.2) is 29.4 Å². The highest BCUT2D eigenvalue weighted by atomic mass is 35.5. The molecule has 0 amide bonds. The second-order valence-electron chi connectivity index (χ2n) is 5.05. The van der Waals surface area contributed by atoms with Gasteiger partial charge < -0.3 is 14.4 Å². The Morgan fingerprint density at radius 3 is 2.50 bits per heavy atom. The number of nitrogens with zero attached hydrogens (tertiary/aromatic N) is 1.